The molecule has 0 bridgehead atoms. The summed E-state index contributed by atoms with van der Waals surface area (Å²) in [7, 11) is 0. The molecule has 26 heavy (non-hydrogen) atoms. The van der Waals surface area contributed by atoms with Crippen molar-refractivity contribution in [2.24, 2.45) is 0 Å². The van der Waals surface area contributed by atoms with Crippen molar-refractivity contribution in [2.75, 3.05) is 37.7 Å². The van der Waals surface area contributed by atoms with Crippen LogP contribution in [-0.4, -0.2) is 58.4 Å². The van der Waals surface area contributed by atoms with Gasteiger partial charge in [-0.05, 0) is 19.4 Å². The molecular weight excluding hydrogens is 352 g/mol. The van der Waals surface area contributed by atoms with Gasteiger partial charge in [0.1, 0.15) is 10.9 Å². The Morgan fingerprint density at radius 2 is 2.12 bits per heavy atom. The second-order valence-electron chi connectivity index (χ2n) is 6.45. The zero-order valence-corrected chi connectivity index (χ0v) is 15.5. The zero-order chi connectivity index (χ0) is 18.1. The van der Waals surface area contributed by atoms with Crippen LogP contribution in [0.5, 0.6) is 0 Å². The summed E-state index contributed by atoms with van der Waals surface area (Å²) >= 11 is 1.46. The van der Waals surface area contributed by atoms with Gasteiger partial charge in [-0.15, -0.1) is 0 Å². The van der Waals surface area contributed by atoms with E-state index in [2.05, 4.69) is 21.1 Å². The standard InChI is InChI=1S/C17H20N6O2S/c1-12-15(26-17(19-12)21-5-7-25-8-6-21)16(24)22-3-2-4-23-14(11-22)9-13(10-18)20-23/h9H,2-8,11H2,1H3. The summed E-state index contributed by atoms with van der Waals surface area (Å²) in [6.07, 6.45) is 0.819. The number of hydrogen-bond acceptors (Lipinski definition) is 7. The van der Waals surface area contributed by atoms with Crippen LogP contribution in [0, 0.1) is 18.3 Å². The second kappa shape index (κ2) is 7.05. The fraction of sp³-hybridized carbons (Fsp3) is 0.529. The first-order chi connectivity index (χ1) is 12.7. The number of aromatic nitrogens is 3. The van der Waals surface area contributed by atoms with Crippen molar-refractivity contribution in [3.8, 4) is 6.07 Å². The van der Waals surface area contributed by atoms with Gasteiger partial charge in [-0.3, -0.25) is 9.48 Å². The highest BCUT2D eigenvalue weighted by atomic mass is 32.1. The van der Waals surface area contributed by atoms with Crippen molar-refractivity contribution in [3.63, 3.8) is 0 Å². The molecule has 9 heteroatoms. The van der Waals surface area contributed by atoms with Crippen LogP contribution in [0.2, 0.25) is 0 Å². The normalized spacial score (nSPS) is 17.5. The van der Waals surface area contributed by atoms with Crippen LogP contribution >= 0.6 is 11.3 Å². The molecule has 0 unspecified atom stereocenters. The summed E-state index contributed by atoms with van der Waals surface area (Å²) in [6, 6.07) is 3.84. The van der Waals surface area contributed by atoms with Crippen molar-refractivity contribution in [3.05, 3.63) is 28.0 Å². The number of nitrogens with zero attached hydrogens (tertiary/aromatic N) is 6. The summed E-state index contributed by atoms with van der Waals surface area (Å²) < 4.78 is 7.23. The molecule has 0 spiro atoms. The van der Waals surface area contributed by atoms with Gasteiger partial charge in [0.2, 0.25) is 0 Å². The van der Waals surface area contributed by atoms with E-state index in [4.69, 9.17) is 10.00 Å². The largest absolute Gasteiger partial charge is 0.378 e. The molecule has 0 saturated carbocycles. The number of thiazole rings is 1. The number of hydrogen-bond donors (Lipinski definition) is 0. The minimum Gasteiger partial charge on any atom is -0.378 e. The van der Waals surface area contributed by atoms with Gasteiger partial charge in [-0.25, -0.2) is 4.98 Å². The van der Waals surface area contributed by atoms with E-state index in [1.54, 1.807) is 6.07 Å². The Labute approximate surface area is 155 Å². The fourth-order valence-electron chi connectivity index (χ4n) is 3.30. The maximum atomic E-state index is 13.1. The monoisotopic (exact) mass is 372 g/mol. The molecule has 0 atom stereocenters. The summed E-state index contributed by atoms with van der Waals surface area (Å²) in [5.74, 6) is 0.00710. The van der Waals surface area contributed by atoms with E-state index in [9.17, 15) is 4.79 Å². The van der Waals surface area contributed by atoms with Crippen LogP contribution in [0.15, 0.2) is 6.07 Å². The molecular formula is C17H20N6O2S. The molecule has 2 aliphatic rings. The van der Waals surface area contributed by atoms with Gasteiger partial charge in [0.15, 0.2) is 10.8 Å². The van der Waals surface area contributed by atoms with Crippen molar-refractivity contribution in [1.29, 1.82) is 5.26 Å². The molecule has 2 aromatic rings. The number of carbonyl (C=O) groups excluding carboxylic acids is 1. The minimum atomic E-state index is 0.00710. The van der Waals surface area contributed by atoms with Gasteiger partial charge in [0.05, 0.1) is 31.1 Å². The predicted molar refractivity (Wildman–Crippen MR) is 96.2 cm³/mol. The summed E-state index contributed by atoms with van der Waals surface area (Å²) in [5.41, 5.74) is 2.08. The van der Waals surface area contributed by atoms with Crippen LogP contribution < -0.4 is 4.90 Å². The topological polar surface area (TPSA) is 87.3 Å². The van der Waals surface area contributed by atoms with Crippen LogP contribution in [0.3, 0.4) is 0 Å². The van der Waals surface area contributed by atoms with Gasteiger partial charge in [0.25, 0.3) is 5.91 Å². The van der Waals surface area contributed by atoms with Crippen molar-refractivity contribution >= 4 is 22.4 Å². The molecule has 0 aliphatic carbocycles. The molecule has 2 aromatic heterocycles. The average molecular weight is 372 g/mol. The third kappa shape index (κ3) is 3.18. The Bertz CT molecular complexity index is 861. The minimum absolute atomic E-state index is 0.00710. The van der Waals surface area contributed by atoms with Gasteiger partial charge in [-0.1, -0.05) is 11.3 Å². The average Bonchev–Trinajstić information content (AvgIpc) is 3.19. The predicted octanol–water partition coefficient (Wildman–Crippen LogP) is 1.40. The summed E-state index contributed by atoms with van der Waals surface area (Å²) in [5, 5.41) is 14.2. The molecule has 4 rings (SSSR count). The molecule has 1 fully saturated rings. The highest BCUT2D eigenvalue weighted by Crippen LogP contribution is 2.28. The Morgan fingerprint density at radius 3 is 2.88 bits per heavy atom. The quantitative estimate of drug-likeness (QED) is 0.792. The number of carbonyl (C=O) groups is 1. The first-order valence-corrected chi connectivity index (χ1v) is 9.53. The van der Waals surface area contributed by atoms with E-state index < -0.39 is 0 Å². The first-order valence-electron chi connectivity index (χ1n) is 8.72. The number of rotatable bonds is 2. The van der Waals surface area contributed by atoms with Crippen LogP contribution in [-0.2, 0) is 17.8 Å². The number of anilines is 1. The lowest BCUT2D eigenvalue weighted by Gasteiger charge is -2.26. The van der Waals surface area contributed by atoms with Gasteiger partial charge < -0.3 is 14.5 Å². The lowest BCUT2D eigenvalue weighted by Crippen LogP contribution is -2.36. The first kappa shape index (κ1) is 17.0. The molecule has 136 valence electrons. The van der Waals surface area contributed by atoms with Gasteiger partial charge in [0, 0.05) is 26.2 Å². The molecule has 1 amide bonds. The van der Waals surface area contributed by atoms with Crippen molar-refractivity contribution < 1.29 is 9.53 Å². The van der Waals surface area contributed by atoms with Crippen molar-refractivity contribution in [1.82, 2.24) is 19.7 Å². The van der Waals surface area contributed by atoms with Gasteiger partial charge in [-0.2, -0.15) is 10.4 Å². The third-order valence-corrected chi connectivity index (χ3v) is 5.88. The Balaban J connectivity index is 1.55. The molecule has 1 saturated heterocycles. The van der Waals surface area contributed by atoms with E-state index in [1.165, 1.54) is 11.3 Å². The third-order valence-electron chi connectivity index (χ3n) is 4.68. The maximum absolute atomic E-state index is 13.1. The summed E-state index contributed by atoms with van der Waals surface area (Å²) in [6.45, 7) is 6.76. The molecule has 0 N–H and O–H groups in total. The molecule has 0 radical (unpaired) electrons. The number of fused-ring (bicyclic) bond motifs is 1. The Kier molecular flexibility index (Phi) is 4.61. The Morgan fingerprint density at radius 1 is 1.31 bits per heavy atom. The second-order valence-corrected chi connectivity index (χ2v) is 7.42. The van der Waals surface area contributed by atoms with Crippen molar-refractivity contribution in [2.45, 2.75) is 26.4 Å². The molecule has 4 heterocycles. The van der Waals surface area contributed by atoms with E-state index in [-0.39, 0.29) is 5.91 Å². The Hall–Kier alpha value is -2.44. The van der Waals surface area contributed by atoms with E-state index in [0.29, 0.717) is 36.9 Å². The fourth-order valence-corrected chi connectivity index (χ4v) is 4.39. The SMILES string of the molecule is Cc1nc(N2CCOCC2)sc1C(=O)N1CCCn2nc(C#N)cc2C1. The number of amides is 1. The maximum Gasteiger partial charge on any atom is 0.266 e. The van der Waals surface area contributed by atoms with Crippen LogP contribution in [0.1, 0.15) is 33.2 Å². The number of nitriles is 1. The molecule has 8 nitrogen and oxygen atoms in total. The highest BCUT2D eigenvalue weighted by Gasteiger charge is 2.26. The zero-order valence-electron chi connectivity index (χ0n) is 14.6. The molecule has 0 aromatic carbocycles. The van der Waals surface area contributed by atoms with E-state index >= 15 is 0 Å². The lowest BCUT2D eigenvalue weighted by molar-refractivity contribution is 0.0749. The lowest BCUT2D eigenvalue weighted by atomic mass is 10.3. The summed E-state index contributed by atoms with van der Waals surface area (Å²) in [4.78, 5) is 22.4. The molecule has 2 aliphatic heterocycles. The van der Waals surface area contributed by atoms with Crippen LogP contribution in [0.25, 0.3) is 0 Å². The number of aryl methyl sites for hydroxylation is 2. The van der Waals surface area contributed by atoms with Gasteiger partial charge >= 0.3 is 0 Å². The van der Waals surface area contributed by atoms with E-state index in [1.807, 2.05) is 16.5 Å². The number of ether oxygens (including phenoxy) is 1. The smallest absolute Gasteiger partial charge is 0.266 e. The highest BCUT2D eigenvalue weighted by molar-refractivity contribution is 7.17. The van der Waals surface area contributed by atoms with Crippen LogP contribution in [0.4, 0.5) is 5.13 Å². The van der Waals surface area contributed by atoms with E-state index in [0.717, 1.165) is 42.6 Å². The number of morpholine rings is 1.